The molecular weight excluding hydrogens is 431 g/mol. The number of halogens is 3. The van der Waals surface area contributed by atoms with E-state index in [4.69, 9.17) is 4.74 Å². The van der Waals surface area contributed by atoms with Gasteiger partial charge in [0.1, 0.15) is 11.6 Å². The van der Waals surface area contributed by atoms with Crippen LogP contribution >= 0.6 is 0 Å². The molecule has 1 heterocycles. The number of aromatic nitrogens is 2. The number of rotatable bonds is 7. The van der Waals surface area contributed by atoms with Gasteiger partial charge in [0.05, 0.1) is 24.1 Å². The van der Waals surface area contributed by atoms with E-state index in [1.54, 1.807) is 26.8 Å². The second-order valence-electron chi connectivity index (χ2n) is 8.24. The Morgan fingerprint density at radius 2 is 1.85 bits per heavy atom. The number of hydrogen-bond acceptors (Lipinski definition) is 5. The van der Waals surface area contributed by atoms with Crippen molar-refractivity contribution < 1.29 is 22.7 Å². The molecule has 3 aromatic rings. The average Bonchev–Trinajstić information content (AvgIpc) is 2.72. The highest BCUT2D eigenvalue weighted by Crippen LogP contribution is 2.33. The SMILES string of the molecule is CCOC(=O)CC(C)c1cc2c(N[C@H](C)c3cccc(C(F)(F)F)c3)nc(C)nc2cc1C. The van der Waals surface area contributed by atoms with Crippen LogP contribution in [0.3, 0.4) is 0 Å². The van der Waals surface area contributed by atoms with E-state index in [0.29, 0.717) is 23.8 Å². The highest BCUT2D eigenvalue weighted by molar-refractivity contribution is 5.90. The van der Waals surface area contributed by atoms with Crippen LogP contribution in [0.2, 0.25) is 0 Å². The molecule has 0 saturated carbocycles. The highest BCUT2D eigenvalue weighted by atomic mass is 19.4. The molecule has 3 rings (SSSR count). The molecule has 0 aliphatic heterocycles. The fourth-order valence-electron chi connectivity index (χ4n) is 3.91. The maximum atomic E-state index is 13.1. The van der Waals surface area contributed by atoms with Crippen LogP contribution in [-0.2, 0) is 15.7 Å². The number of nitrogens with one attached hydrogen (secondary N) is 1. The van der Waals surface area contributed by atoms with Crippen LogP contribution in [0.4, 0.5) is 19.0 Å². The Labute approximate surface area is 191 Å². The molecule has 2 aromatic carbocycles. The summed E-state index contributed by atoms with van der Waals surface area (Å²) in [4.78, 5) is 21.0. The van der Waals surface area contributed by atoms with Crippen LogP contribution in [0, 0.1) is 13.8 Å². The molecule has 5 nitrogen and oxygen atoms in total. The number of alkyl halides is 3. The molecule has 0 bridgehead atoms. The van der Waals surface area contributed by atoms with Crippen molar-refractivity contribution in [3.05, 3.63) is 64.5 Å². The van der Waals surface area contributed by atoms with Crippen molar-refractivity contribution in [2.45, 2.75) is 59.2 Å². The zero-order valence-corrected chi connectivity index (χ0v) is 19.4. The van der Waals surface area contributed by atoms with E-state index >= 15 is 0 Å². The van der Waals surface area contributed by atoms with Crippen molar-refractivity contribution in [3.63, 3.8) is 0 Å². The van der Waals surface area contributed by atoms with Crippen LogP contribution in [0.1, 0.15) is 67.2 Å². The van der Waals surface area contributed by atoms with Gasteiger partial charge >= 0.3 is 12.1 Å². The van der Waals surface area contributed by atoms with Gasteiger partial charge in [-0.3, -0.25) is 4.79 Å². The predicted molar refractivity (Wildman–Crippen MR) is 122 cm³/mol. The Kier molecular flexibility index (Phi) is 7.25. The number of esters is 1. The van der Waals surface area contributed by atoms with Gasteiger partial charge in [0.15, 0.2) is 0 Å². The number of carbonyl (C=O) groups excluding carboxylic acids is 1. The minimum absolute atomic E-state index is 0.0801. The number of benzene rings is 2. The normalized spacial score (nSPS) is 13.6. The van der Waals surface area contributed by atoms with Crippen molar-refractivity contribution in [2.75, 3.05) is 11.9 Å². The molecule has 1 N–H and O–H groups in total. The molecule has 0 saturated heterocycles. The third-order valence-electron chi connectivity index (χ3n) is 5.57. The summed E-state index contributed by atoms with van der Waals surface area (Å²) in [6.45, 7) is 9.58. The molecule has 0 amide bonds. The number of fused-ring (bicyclic) bond motifs is 1. The molecule has 0 aliphatic rings. The highest BCUT2D eigenvalue weighted by Gasteiger charge is 2.30. The Hall–Kier alpha value is -3.16. The first kappa shape index (κ1) is 24.5. The molecule has 0 aliphatic carbocycles. The van der Waals surface area contributed by atoms with Gasteiger partial charge in [-0.25, -0.2) is 9.97 Å². The minimum atomic E-state index is -4.41. The Balaban J connectivity index is 1.98. The summed E-state index contributed by atoms with van der Waals surface area (Å²) in [5.41, 5.74) is 2.50. The predicted octanol–water partition coefficient (Wildman–Crippen LogP) is 6.50. The molecule has 33 heavy (non-hydrogen) atoms. The zero-order valence-electron chi connectivity index (χ0n) is 19.4. The largest absolute Gasteiger partial charge is 0.466 e. The molecular formula is C25H28F3N3O2. The average molecular weight is 460 g/mol. The number of nitrogens with zero attached hydrogens (tertiary/aromatic N) is 2. The zero-order chi connectivity index (χ0) is 24.3. The topological polar surface area (TPSA) is 64.1 Å². The van der Waals surface area contributed by atoms with Gasteiger partial charge in [-0.05, 0) is 74.6 Å². The lowest BCUT2D eigenvalue weighted by atomic mass is 9.92. The summed E-state index contributed by atoms with van der Waals surface area (Å²) in [6, 6.07) is 8.73. The summed E-state index contributed by atoms with van der Waals surface area (Å²) in [7, 11) is 0. The van der Waals surface area contributed by atoms with Gasteiger partial charge in [0, 0.05) is 11.4 Å². The molecule has 0 spiro atoms. The molecule has 8 heteroatoms. The number of anilines is 1. The van der Waals surface area contributed by atoms with Crippen molar-refractivity contribution >= 4 is 22.7 Å². The smallest absolute Gasteiger partial charge is 0.416 e. The Morgan fingerprint density at radius 3 is 2.52 bits per heavy atom. The summed E-state index contributed by atoms with van der Waals surface area (Å²) < 4.78 is 44.5. The third-order valence-corrected chi connectivity index (χ3v) is 5.57. The number of hydrogen-bond donors (Lipinski definition) is 1. The lowest BCUT2D eigenvalue weighted by molar-refractivity contribution is -0.143. The van der Waals surface area contributed by atoms with Gasteiger partial charge in [-0.15, -0.1) is 0 Å². The number of ether oxygens (including phenoxy) is 1. The van der Waals surface area contributed by atoms with Crippen LogP contribution in [0.15, 0.2) is 36.4 Å². The minimum Gasteiger partial charge on any atom is -0.466 e. The van der Waals surface area contributed by atoms with E-state index in [0.717, 1.165) is 34.2 Å². The van der Waals surface area contributed by atoms with Crippen LogP contribution in [-0.4, -0.2) is 22.5 Å². The molecule has 1 unspecified atom stereocenters. The van der Waals surface area contributed by atoms with Crippen LogP contribution < -0.4 is 5.32 Å². The van der Waals surface area contributed by atoms with E-state index in [9.17, 15) is 18.0 Å². The maximum absolute atomic E-state index is 13.1. The van der Waals surface area contributed by atoms with Gasteiger partial charge < -0.3 is 10.1 Å². The number of aryl methyl sites for hydroxylation is 2. The monoisotopic (exact) mass is 459 g/mol. The van der Waals surface area contributed by atoms with Crippen LogP contribution in [0.5, 0.6) is 0 Å². The second-order valence-corrected chi connectivity index (χ2v) is 8.24. The van der Waals surface area contributed by atoms with Gasteiger partial charge in [0.2, 0.25) is 0 Å². The van der Waals surface area contributed by atoms with E-state index in [1.807, 2.05) is 26.0 Å². The van der Waals surface area contributed by atoms with Crippen molar-refractivity contribution in [1.82, 2.24) is 9.97 Å². The summed E-state index contributed by atoms with van der Waals surface area (Å²) in [5.74, 6) is 0.740. The lowest BCUT2D eigenvalue weighted by Crippen LogP contribution is -2.12. The van der Waals surface area contributed by atoms with Gasteiger partial charge in [-0.2, -0.15) is 13.2 Å². The second kappa shape index (κ2) is 9.77. The van der Waals surface area contributed by atoms with E-state index in [2.05, 4.69) is 15.3 Å². The number of carbonyl (C=O) groups is 1. The Bertz CT molecular complexity index is 1160. The molecule has 176 valence electrons. The molecule has 0 radical (unpaired) electrons. The lowest BCUT2D eigenvalue weighted by Gasteiger charge is -2.20. The van der Waals surface area contributed by atoms with E-state index in [-0.39, 0.29) is 18.3 Å². The summed E-state index contributed by atoms with van der Waals surface area (Å²) in [6.07, 6.45) is -4.16. The standard InChI is InChI=1S/C25H28F3N3O2/c1-6-33-23(32)11-15(3)20-13-21-22(10-14(20)2)30-17(5)31-24(21)29-16(4)18-8-7-9-19(12-18)25(26,27)28/h7-10,12-13,15-16H,6,11H2,1-5H3,(H,29,30,31)/t15?,16-/m1/s1. The third kappa shape index (κ3) is 5.80. The quantitative estimate of drug-likeness (QED) is 0.409. The summed E-state index contributed by atoms with van der Waals surface area (Å²) in [5, 5.41) is 4.00. The first-order chi connectivity index (χ1) is 15.5. The van der Waals surface area contributed by atoms with Crippen molar-refractivity contribution in [1.29, 1.82) is 0 Å². The molecule has 1 aromatic heterocycles. The fraction of sp³-hybridized carbons (Fsp3) is 0.400. The first-order valence-electron chi connectivity index (χ1n) is 10.9. The van der Waals surface area contributed by atoms with Gasteiger partial charge in [0.25, 0.3) is 0 Å². The maximum Gasteiger partial charge on any atom is 0.416 e. The van der Waals surface area contributed by atoms with Gasteiger partial charge in [-0.1, -0.05) is 19.1 Å². The van der Waals surface area contributed by atoms with Crippen molar-refractivity contribution in [2.24, 2.45) is 0 Å². The molecule has 2 atom stereocenters. The van der Waals surface area contributed by atoms with E-state index < -0.39 is 17.8 Å². The van der Waals surface area contributed by atoms with E-state index in [1.165, 1.54) is 6.07 Å². The van der Waals surface area contributed by atoms with Crippen molar-refractivity contribution in [3.8, 4) is 0 Å². The first-order valence-corrected chi connectivity index (χ1v) is 10.9. The Morgan fingerprint density at radius 1 is 1.12 bits per heavy atom. The van der Waals surface area contributed by atoms with Crippen LogP contribution in [0.25, 0.3) is 10.9 Å². The fourth-order valence-corrected chi connectivity index (χ4v) is 3.91. The summed E-state index contributed by atoms with van der Waals surface area (Å²) >= 11 is 0. The molecule has 0 fully saturated rings.